The number of hydrogen-bond donors (Lipinski definition) is 0. The summed E-state index contributed by atoms with van der Waals surface area (Å²) in [5, 5.41) is 0. The Balaban J connectivity index is 2.14. The van der Waals surface area contributed by atoms with Crippen LogP contribution in [-0.4, -0.2) is 37.1 Å². The van der Waals surface area contributed by atoms with Crippen LogP contribution >= 0.6 is 15.9 Å². The van der Waals surface area contributed by atoms with Crippen LogP contribution in [0, 0.1) is 0 Å². The second kappa shape index (κ2) is 7.06. The Bertz CT molecular complexity index is 934. The minimum Gasteiger partial charge on any atom is -0.493 e. The molecule has 0 aliphatic heterocycles. The van der Waals surface area contributed by atoms with Gasteiger partial charge in [-0.1, -0.05) is 12.1 Å². The molecule has 25 heavy (non-hydrogen) atoms. The van der Waals surface area contributed by atoms with E-state index < -0.39 is 0 Å². The topological polar surface area (TPSA) is 70.5 Å². The molecule has 0 N–H and O–H groups in total. The lowest BCUT2D eigenvalue weighted by atomic mass is 10.1. The molecular formula is C18H15BrN2O4. The van der Waals surface area contributed by atoms with E-state index in [1.165, 1.54) is 21.3 Å². The van der Waals surface area contributed by atoms with Crippen molar-refractivity contribution < 1.29 is 19.0 Å². The summed E-state index contributed by atoms with van der Waals surface area (Å²) in [6.07, 6.45) is 0. The number of nitrogens with zero attached hydrogens (tertiary/aromatic N) is 2. The van der Waals surface area contributed by atoms with Crippen molar-refractivity contribution in [1.82, 2.24) is 9.97 Å². The molecule has 1 heterocycles. The van der Waals surface area contributed by atoms with Crippen molar-refractivity contribution in [1.29, 1.82) is 0 Å². The third-order valence-corrected chi connectivity index (χ3v) is 4.22. The van der Waals surface area contributed by atoms with E-state index in [-0.39, 0.29) is 11.5 Å². The zero-order valence-electron chi connectivity index (χ0n) is 13.9. The molecule has 0 aliphatic carbocycles. The molecule has 1 aromatic heterocycles. The number of fused-ring (bicyclic) bond motifs is 1. The van der Waals surface area contributed by atoms with E-state index >= 15 is 0 Å². The van der Waals surface area contributed by atoms with Crippen LogP contribution in [0.15, 0.2) is 41.0 Å². The SMILES string of the molecule is COc1cc(C(=O)c2nc3ccccc3nc2Br)cc(OC)c1OC. The highest BCUT2D eigenvalue weighted by Crippen LogP contribution is 2.38. The Morgan fingerprint density at radius 2 is 1.48 bits per heavy atom. The molecule has 0 saturated carbocycles. The zero-order valence-corrected chi connectivity index (χ0v) is 15.5. The minimum absolute atomic E-state index is 0.216. The van der Waals surface area contributed by atoms with E-state index in [1.807, 2.05) is 18.2 Å². The molecule has 0 spiro atoms. The Kier molecular flexibility index (Phi) is 4.85. The normalized spacial score (nSPS) is 10.6. The van der Waals surface area contributed by atoms with Crippen LogP contribution in [-0.2, 0) is 0 Å². The number of ether oxygens (including phenoxy) is 3. The number of methoxy groups -OCH3 is 3. The number of para-hydroxylation sites is 2. The largest absolute Gasteiger partial charge is 0.493 e. The minimum atomic E-state index is -0.301. The van der Waals surface area contributed by atoms with Crippen molar-refractivity contribution in [2.75, 3.05) is 21.3 Å². The van der Waals surface area contributed by atoms with Crippen molar-refractivity contribution >= 4 is 32.7 Å². The van der Waals surface area contributed by atoms with Crippen LogP contribution in [0.3, 0.4) is 0 Å². The second-order valence-electron chi connectivity index (χ2n) is 5.09. The number of hydrogen-bond acceptors (Lipinski definition) is 6. The summed E-state index contributed by atoms with van der Waals surface area (Å²) in [7, 11) is 4.50. The predicted octanol–water partition coefficient (Wildman–Crippen LogP) is 3.65. The van der Waals surface area contributed by atoms with Gasteiger partial charge in [-0.3, -0.25) is 4.79 Å². The van der Waals surface area contributed by atoms with Crippen LogP contribution in [0.25, 0.3) is 11.0 Å². The standard InChI is InChI=1S/C18H15BrN2O4/c1-23-13-8-10(9-14(24-2)17(13)25-3)16(22)15-18(19)21-12-7-5-4-6-11(12)20-15/h4-9H,1-3H3. The molecular weight excluding hydrogens is 388 g/mol. The first-order valence-corrected chi connectivity index (χ1v) is 8.15. The first-order valence-electron chi connectivity index (χ1n) is 7.36. The number of aromatic nitrogens is 2. The maximum absolute atomic E-state index is 13.0. The van der Waals surface area contributed by atoms with E-state index in [0.717, 1.165) is 0 Å². The highest BCUT2D eigenvalue weighted by molar-refractivity contribution is 9.10. The third kappa shape index (κ3) is 3.15. The van der Waals surface area contributed by atoms with Gasteiger partial charge in [0.05, 0.1) is 32.4 Å². The molecule has 3 aromatic rings. The van der Waals surface area contributed by atoms with Crippen LogP contribution < -0.4 is 14.2 Å². The highest BCUT2D eigenvalue weighted by atomic mass is 79.9. The molecule has 6 nitrogen and oxygen atoms in total. The van der Waals surface area contributed by atoms with Gasteiger partial charge in [-0.15, -0.1) is 0 Å². The molecule has 0 radical (unpaired) electrons. The van der Waals surface area contributed by atoms with Crippen molar-refractivity contribution in [3.8, 4) is 17.2 Å². The predicted molar refractivity (Wildman–Crippen MR) is 96.8 cm³/mol. The van der Waals surface area contributed by atoms with Gasteiger partial charge in [0.15, 0.2) is 11.5 Å². The first-order chi connectivity index (χ1) is 12.1. The van der Waals surface area contributed by atoms with Gasteiger partial charge in [0, 0.05) is 5.56 Å². The lowest BCUT2D eigenvalue weighted by Crippen LogP contribution is -2.08. The Morgan fingerprint density at radius 1 is 0.920 bits per heavy atom. The van der Waals surface area contributed by atoms with Crippen molar-refractivity contribution in [3.63, 3.8) is 0 Å². The molecule has 2 aromatic carbocycles. The number of rotatable bonds is 5. The average molecular weight is 403 g/mol. The number of halogens is 1. The van der Waals surface area contributed by atoms with Gasteiger partial charge in [-0.05, 0) is 40.2 Å². The molecule has 0 atom stereocenters. The fourth-order valence-corrected chi connectivity index (χ4v) is 2.93. The molecule has 128 valence electrons. The fourth-order valence-electron chi connectivity index (χ4n) is 2.47. The van der Waals surface area contributed by atoms with Gasteiger partial charge >= 0.3 is 0 Å². The number of ketones is 1. The summed E-state index contributed by atoms with van der Waals surface area (Å²) in [5.41, 5.74) is 1.92. The van der Waals surface area contributed by atoms with E-state index in [4.69, 9.17) is 14.2 Å². The fraction of sp³-hybridized carbons (Fsp3) is 0.167. The van der Waals surface area contributed by atoms with Gasteiger partial charge in [0.1, 0.15) is 10.3 Å². The van der Waals surface area contributed by atoms with Crippen LogP contribution in [0.5, 0.6) is 17.2 Å². The van der Waals surface area contributed by atoms with Crippen molar-refractivity contribution in [3.05, 3.63) is 52.3 Å². The number of carbonyl (C=O) groups is 1. The Labute approximate surface area is 152 Å². The number of benzene rings is 2. The van der Waals surface area contributed by atoms with E-state index in [2.05, 4.69) is 25.9 Å². The molecule has 3 rings (SSSR count). The van der Waals surface area contributed by atoms with Gasteiger partial charge in [0.25, 0.3) is 0 Å². The lowest BCUT2D eigenvalue weighted by Gasteiger charge is -2.14. The Morgan fingerprint density at radius 3 is 2.00 bits per heavy atom. The number of carbonyl (C=O) groups excluding carboxylic acids is 1. The van der Waals surface area contributed by atoms with Gasteiger partial charge in [-0.25, -0.2) is 9.97 Å². The molecule has 7 heteroatoms. The van der Waals surface area contributed by atoms with Crippen LogP contribution in [0.2, 0.25) is 0 Å². The van der Waals surface area contributed by atoms with Gasteiger partial charge < -0.3 is 14.2 Å². The summed E-state index contributed by atoms with van der Waals surface area (Å²) in [5.74, 6) is 0.916. The molecule has 0 fully saturated rings. The summed E-state index contributed by atoms with van der Waals surface area (Å²) in [6.45, 7) is 0. The molecule has 0 bridgehead atoms. The highest BCUT2D eigenvalue weighted by Gasteiger charge is 2.21. The Hall–Kier alpha value is -2.67. The average Bonchev–Trinajstić information content (AvgIpc) is 2.65. The summed E-state index contributed by atoms with van der Waals surface area (Å²) >= 11 is 3.33. The molecule has 0 aliphatic rings. The summed E-state index contributed by atoms with van der Waals surface area (Å²) < 4.78 is 16.3. The molecule has 0 saturated heterocycles. The summed E-state index contributed by atoms with van der Waals surface area (Å²) in [6, 6.07) is 10.5. The van der Waals surface area contributed by atoms with Crippen molar-refractivity contribution in [2.45, 2.75) is 0 Å². The van der Waals surface area contributed by atoms with Crippen molar-refractivity contribution in [2.24, 2.45) is 0 Å². The van der Waals surface area contributed by atoms with Gasteiger partial charge in [0.2, 0.25) is 11.5 Å². The first kappa shape index (κ1) is 17.2. The molecule has 0 amide bonds. The smallest absolute Gasteiger partial charge is 0.214 e. The van der Waals surface area contributed by atoms with Crippen LogP contribution in [0.4, 0.5) is 0 Å². The summed E-state index contributed by atoms with van der Waals surface area (Å²) in [4.78, 5) is 21.8. The lowest BCUT2D eigenvalue weighted by molar-refractivity contribution is 0.103. The monoisotopic (exact) mass is 402 g/mol. The van der Waals surface area contributed by atoms with Crippen LogP contribution in [0.1, 0.15) is 16.1 Å². The van der Waals surface area contributed by atoms with Gasteiger partial charge in [-0.2, -0.15) is 0 Å². The third-order valence-electron chi connectivity index (χ3n) is 3.67. The van der Waals surface area contributed by atoms with E-state index in [0.29, 0.717) is 38.4 Å². The maximum Gasteiger partial charge on any atom is 0.214 e. The van der Waals surface area contributed by atoms with E-state index in [1.54, 1.807) is 18.2 Å². The zero-order chi connectivity index (χ0) is 18.0. The van der Waals surface area contributed by atoms with E-state index in [9.17, 15) is 4.79 Å². The second-order valence-corrected chi connectivity index (χ2v) is 5.85. The maximum atomic E-state index is 13.0. The molecule has 0 unspecified atom stereocenters. The quantitative estimate of drug-likeness (QED) is 0.606.